The summed E-state index contributed by atoms with van der Waals surface area (Å²) in [5, 5.41) is 0.880. The van der Waals surface area contributed by atoms with Gasteiger partial charge in [-0.15, -0.1) is 11.3 Å². The van der Waals surface area contributed by atoms with Crippen LogP contribution in [0.1, 0.15) is 9.67 Å². The van der Waals surface area contributed by atoms with Gasteiger partial charge in [0.1, 0.15) is 14.5 Å². The zero-order valence-corrected chi connectivity index (χ0v) is 11.6. The maximum absolute atomic E-state index is 11.0. The minimum atomic E-state index is -0.510. The van der Waals surface area contributed by atoms with Crippen molar-refractivity contribution in [2.24, 2.45) is 0 Å². The van der Waals surface area contributed by atoms with Crippen LogP contribution < -0.4 is 0 Å². The summed E-state index contributed by atoms with van der Waals surface area (Å²) in [6.07, 6.45) is 0. The second-order valence-corrected chi connectivity index (χ2v) is 5.45. The van der Waals surface area contributed by atoms with Crippen LogP contribution in [-0.2, 0) is 0 Å². The zero-order chi connectivity index (χ0) is 11.7. The lowest BCUT2D eigenvalue weighted by Crippen LogP contribution is -1.82. The molecular formula is C10H4BrCl2NOS. The van der Waals surface area contributed by atoms with Gasteiger partial charge in [0.25, 0.3) is 5.24 Å². The molecule has 1 heterocycles. The summed E-state index contributed by atoms with van der Waals surface area (Å²) in [5.41, 5.74) is 0.902. The van der Waals surface area contributed by atoms with E-state index in [0.29, 0.717) is 14.5 Å². The lowest BCUT2D eigenvalue weighted by Gasteiger charge is -1.94. The van der Waals surface area contributed by atoms with Crippen molar-refractivity contribution in [1.29, 1.82) is 0 Å². The van der Waals surface area contributed by atoms with E-state index < -0.39 is 5.24 Å². The van der Waals surface area contributed by atoms with Crippen LogP contribution in [0.4, 0.5) is 0 Å². The van der Waals surface area contributed by atoms with E-state index >= 15 is 0 Å². The van der Waals surface area contributed by atoms with Crippen LogP contribution in [0.25, 0.3) is 10.6 Å². The van der Waals surface area contributed by atoms with Gasteiger partial charge in [0.15, 0.2) is 0 Å². The molecule has 6 heteroatoms. The van der Waals surface area contributed by atoms with Gasteiger partial charge >= 0.3 is 0 Å². The fourth-order valence-corrected chi connectivity index (χ4v) is 3.10. The number of aromatic nitrogens is 1. The largest absolute Gasteiger partial charge is 0.275 e. The van der Waals surface area contributed by atoms with Crippen LogP contribution in [0.5, 0.6) is 0 Å². The van der Waals surface area contributed by atoms with Crippen molar-refractivity contribution in [3.63, 3.8) is 0 Å². The molecule has 0 amide bonds. The number of thiazole rings is 1. The summed E-state index contributed by atoms with van der Waals surface area (Å²) < 4.78 is 0.474. The highest BCUT2D eigenvalue weighted by atomic mass is 79.9. The third-order valence-corrected chi connectivity index (χ3v) is 4.35. The first-order chi connectivity index (χ1) is 7.58. The first kappa shape index (κ1) is 12.0. The molecule has 0 atom stereocenters. The van der Waals surface area contributed by atoms with Crippen LogP contribution >= 0.6 is 50.5 Å². The van der Waals surface area contributed by atoms with E-state index in [1.165, 1.54) is 11.3 Å². The van der Waals surface area contributed by atoms with Gasteiger partial charge < -0.3 is 0 Å². The average Bonchev–Trinajstić information content (AvgIpc) is 2.61. The van der Waals surface area contributed by atoms with Gasteiger partial charge in [0, 0.05) is 10.6 Å². The van der Waals surface area contributed by atoms with E-state index in [-0.39, 0.29) is 0 Å². The molecule has 0 aliphatic carbocycles. The molecule has 0 saturated carbocycles. The Morgan fingerprint density at radius 3 is 2.44 bits per heavy atom. The molecule has 0 radical (unpaired) electrons. The lowest BCUT2D eigenvalue weighted by molar-refractivity contribution is 0.108. The summed E-state index contributed by atoms with van der Waals surface area (Å²) >= 11 is 15.6. The molecule has 2 rings (SSSR count). The molecule has 16 heavy (non-hydrogen) atoms. The molecular weight excluding hydrogens is 333 g/mol. The van der Waals surface area contributed by atoms with Crippen LogP contribution in [-0.4, -0.2) is 10.2 Å². The van der Waals surface area contributed by atoms with Crippen molar-refractivity contribution in [3.05, 3.63) is 38.8 Å². The van der Waals surface area contributed by atoms with E-state index in [4.69, 9.17) is 23.2 Å². The van der Waals surface area contributed by atoms with Gasteiger partial charge in [-0.3, -0.25) is 4.79 Å². The zero-order valence-electron chi connectivity index (χ0n) is 7.71. The molecule has 0 saturated heterocycles. The van der Waals surface area contributed by atoms with Gasteiger partial charge in [0.2, 0.25) is 0 Å². The summed E-state index contributed by atoms with van der Waals surface area (Å²) in [7, 11) is 0. The standard InChI is InChI=1S/C10H4BrCl2NOS/c11-8-7(9(13)15)16-10(14-8)5-1-3-6(12)4-2-5/h1-4H. The molecule has 82 valence electrons. The number of carbonyl (C=O) groups excluding carboxylic acids is 1. The third kappa shape index (κ3) is 2.46. The average molecular weight is 337 g/mol. The fraction of sp³-hybridized carbons (Fsp3) is 0. The quantitative estimate of drug-likeness (QED) is 0.750. The van der Waals surface area contributed by atoms with Gasteiger partial charge in [-0.05, 0) is 39.7 Å². The second kappa shape index (κ2) is 4.84. The van der Waals surface area contributed by atoms with Crippen molar-refractivity contribution in [2.45, 2.75) is 0 Å². The number of rotatable bonds is 2. The summed E-state index contributed by atoms with van der Waals surface area (Å²) in [6.45, 7) is 0. The predicted molar refractivity (Wildman–Crippen MR) is 70.4 cm³/mol. The maximum Gasteiger partial charge on any atom is 0.265 e. The predicted octanol–water partition coefficient (Wildman–Crippen LogP) is 4.61. The van der Waals surface area contributed by atoms with Crippen LogP contribution in [0.2, 0.25) is 5.02 Å². The Morgan fingerprint density at radius 1 is 1.31 bits per heavy atom. The molecule has 0 fully saturated rings. The Hall–Kier alpha value is -0.420. The number of carbonyl (C=O) groups is 1. The molecule has 0 bridgehead atoms. The molecule has 0 aliphatic rings. The Morgan fingerprint density at radius 2 is 1.94 bits per heavy atom. The van der Waals surface area contributed by atoms with Crippen LogP contribution in [0.15, 0.2) is 28.9 Å². The lowest BCUT2D eigenvalue weighted by atomic mass is 10.2. The SMILES string of the molecule is O=C(Cl)c1sc(-c2ccc(Cl)cc2)nc1Br. The molecule has 0 spiro atoms. The van der Waals surface area contributed by atoms with Crippen molar-refractivity contribution in [1.82, 2.24) is 4.98 Å². The molecule has 2 nitrogen and oxygen atoms in total. The molecule has 0 unspecified atom stereocenters. The Balaban J connectivity index is 2.45. The topological polar surface area (TPSA) is 30.0 Å². The van der Waals surface area contributed by atoms with E-state index in [9.17, 15) is 4.79 Å². The molecule has 0 aliphatic heterocycles. The number of halogens is 3. The van der Waals surface area contributed by atoms with Crippen LogP contribution in [0, 0.1) is 0 Å². The smallest absolute Gasteiger partial charge is 0.265 e. The van der Waals surface area contributed by atoms with Crippen LogP contribution in [0.3, 0.4) is 0 Å². The van der Waals surface area contributed by atoms with E-state index in [1.807, 2.05) is 12.1 Å². The third-order valence-electron chi connectivity index (χ3n) is 1.86. The Bertz CT molecular complexity index is 538. The van der Waals surface area contributed by atoms with Gasteiger partial charge in [-0.25, -0.2) is 4.98 Å². The van der Waals surface area contributed by atoms with Gasteiger partial charge in [0.05, 0.1) is 0 Å². The van der Waals surface area contributed by atoms with Gasteiger partial charge in [-0.2, -0.15) is 0 Å². The molecule has 1 aromatic carbocycles. The van der Waals surface area contributed by atoms with Crippen molar-refractivity contribution < 1.29 is 4.79 Å². The van der Waals surface area contributed by atoms with Gasteiger partial charge in [-0.1, -0.05) is 23.7 Å². The summed E-state index contributed by atoms with van der Waals surface area (Å²) in [5.74, 6) is 0. The Kier molecular flexibility index (Phi) is 3.64. The molecule has 0 N–H and O–H groups in total. The number of hydrogen-bond donors (Lipinski definition) is 0. The minimum absolute atomic E-state index is 0.409. The normalized spacial score (nSPS) is 10.4. The van der Waals surface area contributed by atoms with Crippen molar-refractivity contribution in [3.8, 4) is 10.6 Å². The highest BCUT2D eigenvalue weighted by Gasteiger charge is 2.15. The number of hydrogen-bond acceptors (Lipinski definition) is 3. The maximum atomic E-state index is 11.0. The summed E-state index contributed by atoms with van der Waals surface area (Å²) in [4.78, 5) is 15.7. The van der Waals surface area contributed by atoms with Crippen molar-refractivity contribution >= 4 is 55.7 Å². The van der Waals surface area contributed by atoms with E-state index in [2.05, 4.69) is 20.9 Å². The molecule has 1 aromatic heterocycles. The monoisotopic (exact) mass is 335 g/mol. The highest BCUT2D eigenvalue weighted by molar-refractivity contribution is 9.10. The highest BCUT2D eigenvalue weighted by Crippen LogP contribution is 2.32. The van der Waals surface area contributed by atoms with E-state index in [1.54, 1.807) is 12.1 Å². The van der Waals surface area contributed by atoms with E-state index in [0.717, 1.165) is 10.6 Å². The first-order valence-corrected chi connectivity index (χ1v) is 6.56. The molecule has 2 aromatic rings. The number of benzene rings is 1. The van der Waals surface area contributed by atoms with Crippen molar-refractivity contribution in [2.75, 3.05) is 0 Å². The fourth-order valence-electron chi connectivity index (χ4n) is 1.14. The minimum Gasteiger partial charge on any atom is -0.275 e. The number of nitrogens with zero attached hydrogens (tertiary/aromatic N) is 1. The Labute approximate surface area is 114 Å². The second-order valence-electron chi connectivity index (χ2n) is 2.92. The first-order valence-electron chi connectivity index (χ1n) is 4.20. The summed E-state index contributed by atoms with van der Waals surface area (Å²) in [6, 6.07) is 7.23.